The van der Waals surface area contributed by atoms with Gasteiger partial charge in [-0.1, -0.05) is 27.2 Å². The molecule has 4 nitrogen and oxygen atoms in total. The van der Waals surface area contributed by atoms with Gasteiger partial charge >= 0.3 is 5.97 Å². The Morgan fingerprint density at radius 2 is 1.82 bits per heavy atom. The van der Waals surface area contributed by atoms with Crippen LogP contribution in [0.2, 0.25) is 0 Å². The monoisotopic (exact) mass is 392 g/mol. The summed E-state index contributed by atoms with van der Waals surface area (Å²) in [4.78, 5) is 13.4. The first-order chi connectivity index (χ1) is 13.3. The van der Waals surface area contributed by atoms with Crippen LogP contribution < -0.4 is 0 Å². The van der Waals surface area contributed by atoms with E-state index in [4.69, 9.17) is 14.2 Å². The molecule has 0 aromatic carbocycles. The molecule has 4 aliphatic carbocycles. The first-order valence-corrected chi connectivity index (χ1v) is 11.8. The molecule has 5 aliphatic rings. The fourth-order valence-corrected chi connectivity index (χ4v) is 6.90. The highest BCUT2D eigenvalue weighted by Crippen LogP contribution is 2.61. The van der Waals surface area contributed by atoms with Crippen molar-refractivity contribution in [3.8, 4) is 0 Å². The van der Waals surface area contributed by atoms with Crippen LogP contribution in [0.1, 0.15) is 98.3 Å². The van der Waals surface area contributed by atoms with Crippen LogP contribution in [-0.2, 0) is 19.0 Å². The topological polar surface area (TPSA) is 44.8 Å². The number of ether oxygens (including phenoxy) is 3. The highest BCUT2D eigenvalue weighted by molar-refractivity contribution is 5.77. The quantitative estimate of drug-likeness (QED) is 0.527. The first-order valence-electron chi connectivity index (χ1n) is 11.8. The average Bonchev–Trinajstić information content (AvgIpc) is 2.60. The van der Waals surface area contributed by atoms with Gasteiger partial charge in [-0.05, 0) is 82.5 Å². The van der Waals surface area contributed by atoms with E-state index >= 15 is 0 Å². The molecule has 0 aromatic rings. The predicted octanol–water partition coefficient (Wildman–Crippen LogP) is 5.63. The zero-order chi connectivity index (χ0) is 20.0. The van der Waals surface area contributed by atoms with Gasteiger partial charge in [0.25, 0.3) is 0 Å². The van der Waals surface area contributed by atoms with Crippen molar-refractivity contribution in [2.45, 2.75) is 116 Å². The van der Waals surface area contributed by atoms with Gasteiger partial charge in [-0.25, -0.2) is 0 Å². The minimum atomic E-state index is -0.390. The highest BCUT2D eigenvalue weighted by Gasteiger charge is 2.61. The lowest BCUT2D eigenvalue weighted by Gasteiger charge is -2.61. The van der Waals surface area contributed by atoms with Gasteiger partial charge in [-0.3, -0.25) is 4.79 Å². The molecular formula is C24H40O4. The van der Waals surface area contributed by atoms with E-state index in [2.05, 4.69) is 27.7 Å². The van der Waals surface area contributed by atoms with Crippen molar-refractivity contribution in [3.63, 3.8) is 0 Å². The van der Waals surface area contributed by atoms with Crippen molar-refractivity contribution in [1.82, 2.24) is 0 Å². The SMILES string of the molecule is CCCC(C)(C(=O)OC12CC3CC(C1)CC(OC1CCCCO1)(C3)C2)C(C)C. The summed E-state index contributed by atoms with van der Waals surface area (Å²) in [6.07, 6.45) is 11.7. The van der Waals surface area contributed by atoms with Gasteiger partial charge in [0, 0.05) is 13.0 Å². The Morgan fingerprint density at radius 1 is 1.14 bits per heavy atom. The number of hydrogen-bond acceptors (Lipinski definition) is 4. The van der Waals surface area contributed by atoms with Gasteiger partial charge in [0.2, 0.25) is 0 Å². The maximum atomic E-state index is 13.4. The fraction of sp³-hybridized carbons (Fsp3) is 0.958. The van der Waals surface area contributed by atoms with Crippen LogP contribution in [0.25, 0.3) is 0 Å². The molecular weight excluding hydrogens is 352 g/mol. The standard InChI is InChI=1S/C24H40O4/c1-5-9-22(4,17(2)3)21(25)28-24-14-18-11-19(15-24)13-23(12-18,16-24)27-20-8-6-7-10-26-20/h17-20H,5-16H2,1-4H3. The molecule has 0 amide bonds. The van der Waals surface area contributed by atoms with Crippen LogP contribution in [0, 0.1) is 23.2 Å². The van der Waals surface area contributed by atoms with Crippen LogP contribution in [0.4, 0.5) is 0 Å². The zero-order valence-corrected chi connectivity index (χ0v) is 18.4. The Balaban J connectivity index is 1.51. The van der Waals surface area contributed by atoms with Gasteiger partial charge in [-0.15, -0.1) is 0 Å². The van der Waals surface area contributed by atoms with E-state index in [0.717, 1.165) is 64.4 Å². The van der Waals surface area contributed by atoms with E-state index in [1.807, 2.05) is 0 Å². The van der Waals surface area contributed by atoms with Crippen molar-refractivity contribution in [3.05, 3.63) is 0 Å². The Kier molecular flexibility index (Phi) is 5.59. The third-order valence-corrected chi connectivity index (χ3v) is 8.29. The summed E-state index contributed by atoms with van der Waals surface area (Å²) in [7, 11) is 0. The number of rotatable bonds is 7. The molecule has 160 valence electrons. The van der Waals surface area contributed by atoms with Gasteiger partial charge < -0.3 is 14.2 Å². The second-order valence-corrected chi connectivity index (χ2v) is 11.0. The molecule has 4 atom stereocenters. The van der Waals surface area contributed by atoms with E-state index in [0.29, 0.717) is 11.8 Å². The minimum Gasteiger partial charge on any atom is -0.459 e. The number of hydrogen-bond donors (Lipinski definition) is 0. The summed E-state index contributed by atoms with van der Waals surface area (Å²) in [5, 5.41) is 0. The molecule has 0 N–H and O–H groups in total. The third-order valence-electron chi connectivity index (χ3n) is 8.29. The molecule has 0 radical (unpaired) electrons. The Bertz CT molecular complexity index is 565. The fourth-order valence-electron chi connectivity index (χ4n) is 6.90. The molecule has 4 heteroatoms. The lowest BCUT2D eigenvalue weighted by molar-refractivity contribution is -0.291. The molecule has 28 heavy (non-hydrogen) atoms. The highest BCUT2D eigenvalue weighted by atomic mass is 16.7. The molecule has 4 bridgehead atoms. The lowest BCUT2D eigenvalue weighted by atomic mass is 9.52. The zero-order valence-electron chi connectivity index (χ0n) is 18.4. The van der Waals surface area contributed by atoms with Crippen LogP contribution in [0.15, 0.2) is 0 Å². The van der Waals surface area contributed by atoms with E-state index in [1.165, 1.54) is 12.8 Å². The van der Waals surface area contributed by atoms with Crippen LogP contribution in [0.5, 0.6) is 0 Å². The Morgan fingerprint density at radius 3 is 2.39 bits per heavy atom. The van der Waals surface area contributed by atoms with Crippen molar-refractivity contribution in [1.29, 1.82) is 0 Å². The number of esters is 1. The molecule has 1 aliphatic heterocycles. The second-order valence-electron chi connectivity index (χ2n) is 11.0. The van der Waals surface area contributed by atoms with Crippen molar-refractivity contribution in [2.75, 3.05) is 6.61 Å². The van der Waals surface area contributed by atoms with Crippen molar-refractivity contribution >= 4 is 5.97 Å². The van der Waals surface area contributed by atoms with Crippen LogP contribution in [-0.4, -0.2) is 30.1 Å². The Hall–Kier alpha value is -0.610. The number of carbonyl (C=O) groups is 1. The van der Waals surface area contributed by atoms with Crippen molar-refractivity contribution in [2.24, 2.45) is 23.2 Å². The maximum absolute atomic E-state index is 13.4. The van der Waals surface area contributed by atoms with Crippen molar-refractivity contribution < 1.29 is 19.0 Å². The summed E-state index contributed by atoms with van der Waals surface area (Å²) in [6.45, 7) is 9.39. The molecule has 4 saturated carbocycles. The number of carbonyl (C=O) groups excluding carboxylic acids is 1. The van der Waals surface area contributed by atoms with Gasteiger partial charge in [-0.2, -0.15) is 0 Å². The summed E-state index contributed by atoms with van der Waals surface area (Å²) in [6, 6.07) is 0. The molecule has 5 fully saturated rings. The average molecular weight is 393 g/mol. The molecule has 5 rings (SSSR count). The van der Waals surface area contributed by atoms with E-state index in [9.17, 15) is 4.79 Å². The minimum absolute atomic E-state index is 0.0235. The largest absolute Gasteiger partial charge is 0.459 e. The van der Waals surface area contributed by atoms with E-state index < -0.39 is 5.41 Å². The van der Waals surface area contributed by atoms with E-state index in [1.54, 1.807) is 0 Å². The third kappa shape index (κ3) is 3.76. The van der Waals surface area contributed by atoms with Crippen LogP contribution in [0.3, 0.4) is 0 Å². The van der Waals surface area contributed by atoms with Gasteiger partial charge in [0.15, 0.2) is 6.29 Å². The molecule has 1 heterocycles. The maximum Gasteiger partial charge on any atom is 0.312 e. The van der Waals surface area contributed by atoms with Crippen LogP contribution >= 0.6 is 0 Å². The molecule has 0 spiro atoms. The smallest absolute Gasteiger partial charge is 0.312 e. The van der Waals surface area contributed by atoms with Gasteiger partial charge in [0.1, 0.15) is 5.60 Å². The summed E-state index contributed by atoms with van der Waals surface area (Å²) in [5.74, 6) is 1.58. The first kappa shape index (κ1) is 20.7. The molecule has 1 saturated heterocycles. The normalized spacial score (nSPS) is 41.8. The molecule has 4 unspecified atom stereocenters. The van der Waals surface area contributed by atoms with E-state index in [-0.39, 0.29) is 29.4 Å². The molecule has 0 aromatic heterocycles. The second kappa shape index (κ2) is 7.58. The summed E-state index contributed by atoms with van der Waals surface area (Å²) < 4.78 is 19.1. The van der Waals surface area contributed by atoms with Gasteiger partial charge in [0.05, 0.1) is 11.0 Å². The summed E-state index contributed by atoms with van der Waals surface area (Å²) in [5.41, 5.74) is -0.830. The summed E-state index contributed by atoms with van der Waals surface area (Å²) >= 11 is 0. The lowest BCUT2D eigenvalue weighted by Crippen LogP contribution is -2.63. The predicted molar refractivity (Wildman–Crippen MR) is 109 cm³/mol. The Labute approximate surface area is 171 Å².